The van der Waals surface area contributed by atoms with Crippen LogP contribution in [0.1, 0.15) is 22.3 Å². The molecule has 1 aromatic carbocycles. The molecule has 0 heterocycles. The van der Waals surface area contributed by atoms with Crippen LogP contribution >= 0.6 is 15.9 Å². The van der Waals surface area contributed by atoms with Gasteiger partial charge in [0, 0.05) is 23.4 Å². The molecule has 0 atom stereocenters. The molecule has 0 saturated carbocycles. The molecule has 1 N–H and O–H groups in total. The minimum absolute atomic E-state index is 0.0439. The number of carbonyl (C=O) groups is 2. The summed E-state index contributed by atoms with van der Waals surface area (Å²) < 4.78 is 0. The van der Waals surface area contributed by atoms with Crippen molar-refractivity contribution >= 4 is 33.8 Å². The summed E-state index contributed by atoms with van der Waals surface area (Å²) in [6.07, 6.45) is 2.95. The lowest BCUT2D eigenvalue weighted by atomic mass is 10.1. The number of hydrogen-bond acceptors (Lipinski definition) is 2. The normalized spacial score (nSPS) is 10.6. The first-order chi connectivity index (χ1) is 7.63. The van der Waals surface area contributed by atoms with E-state index in [4.69, 9.17) is 5.11 Å². The molecule has 84 valence electrons. The van der Waals surface area contributed by atoms with Gasteiger partial charge in [-0.25, -0.2) is 4.79 Å². The maximum Gasteiger partial charge on any atom is 0.328 e. The minimum atomic E-state index is -1.00. The number of aliphatic carboxylic acids is 1. The van der Waals surface area contributed by atoms with E-state index < -0.39 is 5.97 Å². The van der Waals surface area contributed by atoms with Crippen LogP contribution in [0.15, 0.2) is 30.3 Å². The molecule has 3 nitrogen and oxygen atoms in total. The number of Topliss-reactive ketones (excluding diaryl/α,β-unsaturated/α-hetero) is 1. The highest BCUT2D eigenvalue weighted by Crippen LogP contribution is 2.10. The van der Waals surface area contributed by atoms with Crippen LogP contribution in [-0.2, 0) is 4.79 Å². The van der Waals surface area contributed by atoms with E-state index in [1.807, 2.05) is 0 Å². The van der Waals surface area contributed by atoms with Gasteiger partial charge in [0.15, 0.2) is 5.78 Å². The van der Waals surface area contributed by atoms with Crippen molar-refractivity contribution in [3.8, 4) is 0 Å². The van der Waals surface area contributed by atoms with E-state index in [1.165, 1.54) is 6.08 Å². The van der Waals surface area contributed by atoms with Crippen molar-refractivity contribution in [3.63, 3.8) is 0 Å². The van der Waals surface area contributed by atoms with Crippen LogP contribution in [0.25, 0.3) is 6.08 Å². The fourth-order valence-electron chi connectivity index (χ4n) is 1.21. The molecule has 0 bridgehead atoms. The first-order valence-corrected chi connectivity index (χ1v) is 5.86. The second kappa shape index (κ2) is 6.23. The van der Waals surface area contributed by atoms with Gasteiger partial charge in [-0.1, -0.05) is 34.1 Å². The third-order valence-corrected chi connectivity index (χ3v) is 2.35. The Bertz CT molecular complexity index is 424. The number of rotatable bonds is 5. The Labute approximate surface area is 102 Å². The van der Waals surface area contributed by atoms with Crippen molar-refractivity contribution in [2.75, 3.05) is 5.33 Å². The molecular weight excluding hydrogens is 272 g/mol. The monoisotopic (exact) mass is 282 g/mol. The molecular formula is C12H11BrO3. The number of carboxylic acid groups (broad SMARTS) is 1. The fraction of sp³-hybridized carbons (Fsp3) is 0.167. The molecule has 0 unspecified atom stereocenters. The van der Waals surface area contributed by atoms with E-state index in [1.54, 1.807) is 24.3 Å². The lowest BCUT2D eigenvalue weighted by molar-refractivity contribution is -0.131. The Kier molecular flexibility index (Phi) is 4.92. The topological polar surface area (TPSA) is 54.4 Å². The minimum Gasteiger partial charge on any atom is -0.478 e. The Morgan fingerprint density at radius 2 is 2.12 bits per heavy atom. The smallest absolute Gasteiger partial charge is 0.328 e. The van der Waals surface area contributed by atoms with Gasteiger partial charge < -0.3 is 5.11 Å². The van der Waals surface area contributed by atoms with Crippen LogP contribution in [0, 0.1) is 0 Å². The van der Waals surface area contributed by atoms with E-state index in [9.17, 15) is 9.59 Å². The summed E-state index contributed by atoms with van der Waals surface area (Å²) in [5, 5.41) is 9.10. The highest BCUT2D eigenvalue weighted by atomic mass is 79.9. The molecule has 4 heteroatoms. The third-order valence-electron chi connectivity index (χ3n) is 1.95. The second-order valence-corrected chi connectivity index (χ2v) is 3.95. The number of benzene rings is 1. The van der Waals surface area contributed by atoms with Gasteiger partial charge in [-0.05, 0) is 17.7 Å². The second-order valence-electron chi connectivity index (χ2n) is 3.16. The van der Waals surface area contributed by atoms with Gasteiger partial charge >= 0.3 is 5.97 Å². The number of carbonyl (C=O) groups excluding carboxylic acids is 1. The van der Waals surface area contributed by atoms with Crippen LogP contribution in [0.2, 0.25) is 0 Å². The van der Waals surface area contributed by atoms with E-state index in [2.05, 4.69) is 15.9 Å². The van der Waals surface area contributed by atoms with Gasteiger partial charge in [0.05, 0.1) is 0 Å². The maximum atomic E-state index is 11.6. The standard InChI is InChI=1S/C12H11BrO3/c13-7-6-11(14)10-3-1-2-9(8-10)4-5-12(15)16/h1-5,8H,6-7H2,(H,15,16)/b5-4+. The van der Waals surface area contributed by atoms with E-state index >= 15 is 0 Å². The molecule has 0 aliphatic rings. The van der Waals surface area contributed by atoms with Crippen LogP contribution in [0.4, 0.5) is 0 Å². The number of alkyl halides is 1. The molecule has 1 rings (SSSR count). The Balaban J connectivity index is 2.86. The zero-order valence-electron chi connectivity index (χ0n) is 8.52. The predicted molar refractivity (Wildman–Crippen MR) is 65.9 cm³/mol. The highest BCUT2D eigenvalue weighted by molar-refractivity contribution is 9.09. The van der Waals surface area contributed by atoms with Crippen LogP contribution in [-0.4, -0.2) is 22.2 Å². The Hall–Kier alpha value is -1.42. The number of halogens is 1. The first kappa shape index (κ1) is 12.6. The summed E-state index contributed by atoms with van der Waals surface area (Å²) in [5.74, 6) is -0.959. The Morgan fingerprint density at radius 1 is 1.38 bits per heavy atom. The zero-order valence-corrected chi connectivity index (χ0v) is 10.1. The van der Waals surface area contributed by atoms with Gasteiger partial charge in [0.1, 0.15) is 0 Å². The molecule has 0 aromatic heterocycles. The van der Waals surface area contributed by atoms with E-state index in [-0.39, 0.29) is 5.78 Å². The van der Waals surface area contributed by atoms with Crippen molar-refractivity contribution < 1.29 is 14.7 Å². The third kappa shape index (κ3) is 3.98. The molecule has 0 amide bonds. The van der Waals surface area contributed by atoms with Gasteiger partial charge in [-0.2, -0.15) is 0 Å². The molecule has 0 saturated heterocycles. The summed E-state index contributed by atoms with van der Waals surface area (Å²) in [4.78, 5) is 21.9. The van der Waals surface area contributed by atoms with Gasteiger partial charge in [0.25, 0.3) is 0 Å². The predicted octanol–water partition coefficient (Wildman–Crippen LogP) is 2.75. The average molecular weight is 283 g/mol. The van der Waals surface area contributed by atoms with Crippen molar-refractivity contribution in [2.45, 2.75) is 6.42 Å². The summed E-state index contributed by atoms with van der Waals surface area (Å²) >= 11 is 3.20. The molecule has 0 aliphatic heterocycles. The van der Waals surface area contributed by atoms with Crippen molar-refractivity contribution in [3.05, 3.63) is 41.5 Å². The molecule has 0 fully saturated rings. The molecule has 16 heavy (non-hydrogen) atoms. The van der Waals surface area contributed by atoms with Crippen molar-refractivity contribution in [1.29, 1.82) is 0 Å². The largest absolute Gasteiger partial charge is 0.478 e. The first-order valence-electron chi connectivity index (χ1n) is 4.73. The number of ketones is 1. The molecule has 0 spiro atoms. The number of carboxylic acids is 1. The summed E-state index contributed by atoms with van der Waals surface area (Å²) in [7, 11) is 0. The van der Waals surface area contributed by atoms with Crippen LogP contribution in [0.3, 0.4) is 0 Å². The summed E-state index contributed by atoms with van der Waals surface area (Å²) in [6.45, 7) is 0. The van der Waals surface area contributed by atoms with E-state index in [0.717, 1.165) is 6.08 Å². The van der Waals surface area contributed by atoms with E-state index in [0.29, 0.717) is 22.9 Å². The SMILES string of the molecule is O=C(O)/C=C/c1cccc(C(=O)CCBr)c1. The zero-order chi connectivity index (χ0) is 12.0. The lowest BCUT2D eigenvalue weighted by Gasteiger charge is -2.00. The molecule has 0 aliphatic carbocycles. The van der Waals surface area contributed by atoms with Crippen molar-refractivity contribution in [1.82, 2.24) is 0 Å². The Morgan fingerprint density at radius 3 is 2.75 bits per heavy atom. The number of hydrogen-bond donors (Lipinski definition) is 1. The molecule has 1 aromatic rings. The maximum absolute atomic E-state index is 11.6. The van der Waals surface area contributed by atoms with Crippen LogP contribution < -0.4 is 0 Å². The van der Waals surface area contributed by atoms with Crippen LogP contribution in [0.5, 0.6) is 0 Å². The molecule has 0 radical (unpaired) electrons. The van der Waals surface area contributed by atoms with Crippen molar-refractivity contribution in [2.24, 2.45) is 0 Å². The average Bonchev–Trinajstić information content (AvgIpc) is 2.27. The summed E-state index contributed by atoms with van der Waals surface area (Å²) in [6, 6.07) is 6.90. The van der Waals surface area contributed by atoms with Gasteiger partial charge in [-0.3, -0.25) is 4.79 Å². The van der Waals surface area contributed by atoms with Gasteiger partial charge in [-0.15, -0.1) is 0 Å². The summed E-state index contributed by atoms with van der Waals surface area (Å²) in [5.41, 5.74) is 1.31. The lowest BCUT2D eigenvalue weighted by Crippen LogP contribution is -1.99. The quantitative estimate of drug-likeness (QED) is 0.513. The van der Waals surface area contributed by atoms with Gasteiger partial charge in [0.2, 0.25) is 0 Å². The highest BCUT2D eigenvalue weighted by Gasteiger charge is 2.04. The fourth-order valence-corrected chi connectivity index (χ4v) is 1.57.